The van der Waals surface area contributed by atoms with Gasteiger partial charge in [-0.2, -0.15) is 0 Å². The molecule has 0 amide bonds. The molecule has 2 N–H and O–H groups in total. The number of aryl methyl sites for hydroxylation is 1. The second-order valence-electron chi connectivity index (χ2n) is 4.89. The average Bonchev–Trinajstić information content (AvgIpc) is 2.82. The van der Waals surface area contributed by atoms with Gasteiger partial charge in [-0.1, -0.05) is 0 Å². The topological polar surface area (TPSA) is 92.8 Å². The van der Waals surface area contributed by atoms with Crippen molar-refractivity contribution in [2.24, 2.45) is 7.05 Å². The van der Waals surface area contributed by atoms with Gasteiger partial charge < -0.3 is 9.72 Å². The summed E-state index contributed by atoms with van der Waals surface area (Å²) in [7, 11) is 1.59. The van der Waals surface area contributed by atoms with Crippen molar-refractivity contribution in [2.45, 2.75) is 31.8 Å². The summed E-state index contributed by atoms with van der Waals surface area (Å²) < 4.78 is 6.98. The first kappa shape index (κ1) is 12.2. The number of rotatable bonds is 2. The first-order valence-corrected chi connectivity index (χ1v) is 6.44. The van der Waals surface area contributed by atoms with E-state index >= 15 is 0 Å². The monoisotopic (exact) mass is 264 g/mol. The molecule has 0 aromatic carbocycles. The normalized spacial score (nSPS) is 19.9. The molecular formula is C12H16N4O3. The van der Waals surface area contributed by atoms with E-state index in [9.17, 15) is 9.59 Å². The molecule has 1 atom stereocenters. The number of nitrogens with one attached hydrogen (secondary N) is 2. The SMILES string of the molecule is Cn1c(=O)[nH]c(=O)c2[nH]c(CC3CCCCO3)nc21. The summed E-state index contributed by atoms with van der Waals surface area (Å²) in [5, 5.41) is 0. The highest BCUT2D eigenvalue weighted by molar-refractivity contribution is 5.69. The summed E-state index contributed by atoms with van der Waals surface area (Å²) in [4.78, 5) is 32.7. The Balaban J connectivity index is 1.97. The first-order chi connectivity index (χ1) is 9.15. The van der Waals surface area contributed by atoms with Crippen LogP contribution in [0, 0.1) is 0 Å². The van der Waals surface area contributed by atoms with E-state index in [1.54, 1.807) is 7.05 Å². The number of ether oxygens (including phenoxy) is 1. The van der Waals surface area contributed by atoms with E-state index in [1.807, 2.05) is 0 Å². The van der Waals surface area contributed by atoms with Crippen molar-refractivity contribution in [2.75, 3.05) is 6.61 Å². The van der Waals surface area contributed by atoms with Crippen LogP contribution in [0.25, 0.3) is 11.2 Å². The highest BCUT2D eigenvalue weighted by atomic mass is 16.5. The lowest BCUT2D eigenvalue weighted by Crippen LogP contribution is -2.28. The number of H-pyrrole nitrogens is 2. The minimum Gasteiger partial charge on any atom is -0.378 e. The lowest BCUT2D eigenvalue weighted by Gasteiger charge is -2.21. The largest absolute Gasteiger partial charge is 0.378 e. The summed E-state index contributed by atoms with van der Waals surface area (Å²) in [6.45, 7) is 0.782. The summed E-state index contributed by atoms with van der Waals surface area (Å²) in [6, 6.07) is 0. The highest BCUT2D eigenvalue weighted by Gasteiger charge is 2.18. The van der Waals surface area contributed by atoms with Crippen LogP contribution in [0.1, 0.15) is 25.1 Å². The van der Waals surface area contributed by atoms with Crippen molar-refractivity contribution >= 4 is 11.2 Å². The Labute approximate surface area is 108 Å². The lowest BCUT2D eigenvalue weighted by molar-refractivity contribution is 0.0158. The molecule has 2 aromatic heterocycles. The molecule has 0 aliphatic carbocycles. The average molecular weight is 264 g/mol. The number of aromatic nitrogens is 4. The third-order valence-corrected chi connectivity index (χ3v) is 3.50. The summed E-state index contributed by atoms with van der Waals surface area (Å²) >= 11 is 0. The zero-order chi connectivity index (χ0) is 13.4. The van der Waals surface area contributed by atoms with Crippen molar-refractivity contribution in [3.8, 4) is 0 Å². The third kappa shape index (κ3) is 2.21. The second-order valence-corrected chi connectivity index (χ2v) is 4.89. The standard InChI is InChI=1S/C12H16N4O3/c1-16-10-9(11(17)15-12(16)18)13-8(14-10)6-7-4-2-3-5-19-7/h7H,2-6H2,1H3,(H,13,14)(H,15,17,18). The molecule has 3 rings (SSSR count). The fourth-order valence-corrected chi connectivity index (χ4v) is 2.43. The van der Waals surface area contributed by atoms with Gasteiger partial charge in [-0.3, -0.25) is 14.3 Å². The molecular weight excluding hydrogens is 248 g/mol. The Morgan fingerprint density at radius 3 is 2.95 bits per heavy atom. The molecule has 0 spiro atoms. The fourth-order valence-electron chi connectivity index (χ4n) is 2.43. The Hall–Kier alpha value is -1.89. The van der Waals surface area contributed by atoms with Crippen molar-refractivity contribution < 1.29 is 4.74 Å². The number of hydrogen-bond donors (Lipinski definition) is 2. The maximum atomic E-state index is 11.7. The van der Waals surface area contributed by atoms with Crippen LogP contribution in [0.5, 0.6) is 0 Å². The van der Waals surface area contributed by atoms with E-state index in [1.165, 1.54) is 4.57 Å². The fraction of sp³-hybridized carbons (Fsp3) is 0.583. The molecule has 2 aromatic rings. The zero-order valence-electron chi connectivity index (χ0n) is 10.7. The van der Waals surface area contributed by atoms with Gasteiger partial charge in [-0.25, -0.2) is 9.78 Å². The van der Waals surface area contributed by atoms with Crippen molar-refractivity contribution in [1.82, 2.24) is 19.5 Å². The maximum absolute atomic E-state index is 11.7. The van der Waals surface area contributed by atoms with E-state index in [-0.39, 0.29) is 6.10 Å². The number of hydrogen-bond acceptors (Lipinski definition) is 4. The van der Waals surface area contributed by atoms with Crippen molar-refractivity contribution in [3.63, 3.8) is 0 Å². The highest BCUT2D eigenvalue weighted by Crippen LogP contribution is 2.16. The van der Waals surface area contributed by atoms with Crippen LogP contribution in [0.2, 0.25) is 0 Å². The quantitative estimate of drug-likeness (QED) is 0.802. The molecule has 1 fully saturated rings. The molecule has 1 aliphatic heterocycles. The van der Waals surface area contributed by atoms with E-state index in [4.69, 9.17) is 4.74 Å². The van der Waals surface area contributed by atoms with Crippen LogP contribution in [0.3, 0.4) is 0 Å². The molecule has 0 radical (unpaired) electrons. The van der Waals surface area contributed by atoms with Crippen LogP contribution in [0.15, 0.2) is 9.59 Å². The lowest BCUT2D eigenvalue weighted by atomic mass is 10.1. The van der Waals surface area contributed by atoms with E-state index in [0.29, 0.717) is 23.4 Å². The van der Waals surface area contributed by atoms with Crippen LogP contribution in [-0.2, 0) is 18.2 Å². The Morgan fingerprint density at radius 2 is 2.21 bits per heavy atom. The predicted octanol–water partition coefficient (Wildman–Crippen LogP) is 0.0615. The van der Waals surface area contributed by atoms with Gasteiger partial charge in [0.05, 0.1) is 6.10 Å². The van der Waals surface area contributed by atoms with E-state index in [0.717, 1.165) is 25.9 Å². The van der Waals surface area contributed by atoms with Gasteiger partial charge in [0.15, 0.2) is 5.65 Å². The Bertz CT molecular complexity index is 706. The molecule has 1 aliphatic rings. The van der Waals surface area contributed by atoms with Crippen molar-refractivity contribution in [1.29, 1.82) is 0 Å². The summed E-state index contributed by atoms with van der Waals surface area (Å²) in [5.74, 6) is 0.689. The maximum Gasteiger partial charge on any atom is 0.329 e. The van der Waals surface area contributed by atoms with Gasteiger partial charge >= 0.3 is 5.69 Å². The second kappa shape index (κ2) is 4.65. The molecule has 3 heterocycles. The Morgan fingerprint density at radius 1 is 1.37 bits per heavy atom. The van der Waals surface area contributed by atoms with Gasteiger partial charge in [0, 0.05) is 20.1 Å². The molecule has 7 heteroatoms. The minimum atomic E-state index is -0.454. The van der Waals surface area contributed by atoms with E-state index in [2.05, 4.69) is 15.0 Å². The Kier molecular flexibility index (Phi) is 2.98. The van der Waals surface area contributed by atoms with Crippen LogP contribution < -0.4 is 11.2 Å². The number of nitrogens with zero attached hydrogens (tertiary/aromatic N) is 2. The van der Waals surface area contributed by atoms with Gasteiger partial charge in [0.25, 0.3) is 5.56 Å². The molecule has 1 unspecified atom stereocenters. The zero-order valence-corrected chi connectivity index (χ0v) is 10.7. The van der Waals surface area contributed by atoms with Gasteiger partial charge in [0.2, 0.25) is 0 Å². The van der Waals surface area contributed by atoms with Gasteiger partial charge in [-0.15, -0.1) is 0 Å². The summed E-state index contributed by atoms with van der Waals surface area (Å²) in [6.07, 6.45) is 4.05. The summed E-state index contributed by atoms with van der Waals surface area (Å²) in [5.41, 5.74) is -0.154. The molecule has 102 valence electrons. The minimum absolute atomic E-state index is 0.144. The molecule has 0 saturated carbocycles. The molecule has 0 bridgehead atoms. The van der Waals surface area contributed by atoms with E-state index < -0.39 is 11.2 Å². The van der Waals surface area contributed by atoms with Crippen LogP contribution in [-0.4, -0.2) is 32.2 Å². The van der Waals surface area contributed by atoms with Crippen LogP contribution in [0.4, 0.5) is 0 Å². The predicted molar refractivity (Wildman–Crippen MR) is 69.3 cm³/mol. The van der Waals surface area contributed by atoms with Gasteiger partial charge in [0.1, 0.15) is 11.3 Å². The number of fused-ring (bicyclic) bond motifs is 1. The first-order valence-electron chi connectivity index (χ1n) is 6.44. The van der Waals surface area contributed by atoms with Gasteiger partial charge in [-0.05, 0) is 19.3 Å². The number of imidazole rings is 1. The van der Waals surface area contributed by atoms with Crippen LogP contribution >= 0.6 is 0 Å². The van der Waals surface area contributed by atoms with Crippen molar-refractivity contribution in [3.05, 3.63) is 26.7 Å². The molecule has 7 nitrogen and oxygen atoms in total. The smallest absolute Gasteiger partial charge is 0.329 e. The number of aromatic amines is 2. The third-order valence-electron chi connectivity index (χ3n) is 3.50. The molecule has 1 saturated heterocycles. The molecule has 19 heavy (non-hydrogen) atoms.